The van der Waals surface area contributed by atoms with Crippen LogP contribution in [0.4, 0.5) is 4.39 Å². The predicted octanol–water partition coefficient (Wildman–Crippen LogP) is 2.58. The SMILES string of the molecule is C=CN(N=C)C1=CC=C(F)CC1. The van der Waals surface area contributed by atoms with E-state index in [0.29, 0.717) is 12.8 Å². The molecule has 3 heteroatoms. The van der Waals surface area contributed by atoms with Crippen molar-refractivity contribution < 1.29 is 4.39 Å². The molecule has 2 nitrogen and oxygen atoms in total. The Morgan fingerprint density at radius 2 is 2.25 bits per heavy atom. The number of hydrogen-bond donors (Lipinski definition) is 0. The highest BCUT2D eigenvalue weighted by molar-refractivity contribution is 5.26. The minimum atomic E-state index is -0.0909. The van der Waals surface area contributed by atoms with E-state index in [1.807, 2.05) is 0 Å². The first kappa shape index (κ1) is 8.71. The summed E-state index contributed by atoms with van der Waals surface area (Å²) in [6, 6.07) is 0. The number of rotatable bonds is 3. The molecule has 0 bridgehead atoms. The molecule has 12 heavy (non-hydrogen) atoms. The van der Waals surface area contributed by atoms with Gasteiger partial charge in [-0.1, -0.05) is 6.58 Å². The van der Waals surface area contributed by atoms with Crippen LogP contribution in [0, 0.1) is 0 Å². The van der Waals surface area contributed by atoms with Gasteiger partial charge in [0, 0.05) is 25.0 Å². The summed E-state index contributed by atoms with van der Waals surface area (Å²) in [5.41, 5.74) is 0.918. The molecule has 0 unspecified atom stereocenters. The molecule has 0 saturated carbocycles. The van der Waals surface area contributed by atoms with Gasteiger partial charge in [-0.05, 0) is 18.6 Å². The van der Waals surface area contributed by atoms with Crippen molar-refractivity contribution in [3.8, 4) is 0 Å². The van der Waals surface area contributed by atoms with Crippen LogP contribution in [-0.2, 0) is 0 Å². The van der Waals surface area contributed by atoms with Crippen LogP contribution in [0.5, 0.6) is 0 Å². The molecule has 0 aromatic heterocycles. The van der Waals surface area contributed by atoms with Gasteiger partial charge in [-0.25, -0.2) is 9.40 Å². The molecular formula is C9H11FN2. The van der Waals surface area contributed by atoms with Gasteiger partial charge in [-0.3, -0.25) is 0 Å². The van der Waals surface area contributed by atoms with E-state index < -0.39 is 0 Å². The Morgan fingerprint density at radius 1 is 1.50 bits per heavy atom. The molecule has 64 valence electrons. The second-order valence-electron chi connectivity index (χ2n) is 2.44. The van der Waals surface area contributed by atoms with Gasteiger partial charge in [0.1, 0.15) is 5.83 Å². The van der Waals surface area contributed by atoms with E-state index in [4.69, 9.17) is 0 Å². The van der Waals surface area contributed by atoms with Crippen LogP contribution < -0.4 is 0 Å². The van der Waals surface area contributed by atoms with Crippen molar-refractivity contribution >= 4 is 6.72 Å². The molecule has 0 aliphatic heterocycles. The van der Waals surface area contributed by atoms with Gasteiger partial charge in [0.2, 0.25) is 0 Å². The number of allylic oxidation sites excluding steroid dienone is 4. The van der Waals surface area contributed by atoms with Gasteiger partial charge < -0.3 is 0 Å². The van der Waals surface area contributed by atoms with E-state index in [1.54, 1.807) is 17.3 Å². The lowest BCUT2D eigenvalue weighted by atomic mass is 10.1. The van der Waals surface area contributed by atoms with Gasteiger partial charge in [0.05, 0.1) is 0 Å². The predicted molar refractivity (Wildman–Crippen MR) is 48.1 cm³/mol. The van der Waals surface area contributed by atoms with Crippen molar-refractivity contribution in [2.24, 2.45) is 5.10 Å². The van der Waals surface area contributed by atoms with Crippen LogP contribution in [0.25, 0.3) is 0 Å². The highest BCUT2D eigenvalue weighted by atomic mass is 19.1. The third kappa shape index (κ3) is 1.81. The summed E-state index contributed by atoms with van der Waals surface area (Å²) in [7, 11) is 0. The Balaban J connectivity index is 2.75. The van der Waals surface area contributed by atoms with Crippen LogP contribution in [0.3, 0.4) is 0 Å². The average Bonchev–Trinajstić information content (AvgIpc) is 2.10. The largest absolute Gasteiger partial charge is 0.246 e. The van der Waals surface area contributed by atoms with Gasteiger partial charge in [0.15, 0.2) is 0 Å². The van der Waals surface area contributed by atoms with Crippen LogP contribution >= 0.6 is 0 Å². The van der Waals surface area contributed by atoms with E-state index in [9.17, 15) is 4.39 Å². The van der Waals surface area contributed by atoms with E-state index in [1.165, 1.54) is 6.08 Å². The molecule has 0 spiro atoms. The first-order chi connectivity index (χ1) is 5.77. The maximum atomic E-state index is 12.6. The third-order valence-electron chi connectivity index (χ3n) is 1.70. The number of halogens is 1. The standard InChI is InChI=1S/C9H11FN2/c1-3-12(11-2)9-6-4-8(10)5-7-9/h3-4,6H,1-2,5,7H2. The third-order valence-corrected chi connectivity index (χ3v) is 1.70. The molecule has 0 saturated heterocycles. The zero-order valence-corrected chi connectivity index (χ0v) is 6.83. The van der Waals surface area contributed by atoms with Crippen LogP contribution in [0.2, 0.25) is 0 Å². The monoisotopic (exact) mass is 166 g/mol. The normalized spacial score (nSPS) is 16.1. The molecule has 0 heterocycles. The van der Waals surface area contributed by atoms with Gasteiger partial charge >= 0.3 is 0 Å². The number of hydrazone groups is 1. The van der Waals surface area contributed by atoms with Crippen molar-refractivity contribution in [1.29, 1.82) is 0 Å². The Bertz CT molecular complexity index is 245. The molecule has 0 N–H and O–H groups in total. The molecule has 0 aromatic carbocycles. The highest BCUT2D eigenvalue weighted by Crippen LogP contribution is 2.21. The maximum Gasteiger partial charge on any atom is 0.100 e. The Kier molecular flexibility index (Phi) is 2.80. The Labute approximate surface area is 71.4 Å². The fourth-order valence-corrected chi connectivity index (χ4v) is 1.06. The molecule has 0 aromatic rings. The molecule has 0 fully saturated rings. The number of nitrogens with zero attached hydrogens (tertiary/aromatic N) is 2. The van der Waals surface area contributed by atoms with E-state index >= 15 is 0 Å². The lowest BCUT2D eigenvalue weighted by Crippen LogP contribution is -2.09. The molecule has 1 aliphatic carbocycles. The van der Waals surface area contributed by atoms with Crippen molar-refractivity contribution in [2.45, 2.75) is 12.8 Å². The van der Waals surface area contributed by atoms with Crippen LogP contribution in [-0.4, -0.2) is 11.7 Å². The first-order valence-corrected chi connectivity index (χ1v) is 3.71. The van der Waals surface area contributed by atoms with Crippen LogP contribution in [0.15, 0.2) is 41.6 Å². The van der Waals surface area contributed by atoms with Crippen LogP contribution in [0.1, 0.15) is 12.8 Å². The van der Waals surface area contributed by atoms with Crippen molar-refractivity contribution in [1.82, 2.24) is 5.01 Å². The average molecular weight is 166 g/mol. The van der Waals surface area contributed by atoms with E-state index in [0.717, 1.165) is 5.70 Å². The summed E-state index contributed by atoms with van der Waals surface area (Å²) in [4.78, 5) is 0. The minimum absolute atomic E-state index is 0.0909. The second kappa shape index (κ2) is 3.85. The van der Waals surface area contributed by atoms with Gasteiger partial charge in [-0.15, -0.1) is 0 Å². The van der Waals surface area contributed by atoms with Crippen molar-refractivity contribution in [3.05, 3.63) is 36.5 Å². The Morgan fingerprint density at radius 3 is 2.67 bits per heavy atom. The molecular weight excluding hydrogens is 155 g/mol. The number of hydrogen-bond acceptors (Lipinski definition) is 2. The fraction of sp³-hybridized carbons (Fsp3) is 0.222. The summed E-state index contributed by atoms with van der Waals surface area (Å²) in [6.07, 6.45) is 5.77. The summed E-state index contributed by atoms with van der Waals surface area (Å²) >= 11 is 0. The summed E-state index contributed by atoms with van der Waals surface area (Å²) < 4.78 is 12.6. The topological polar surface area (TPSA) is 15.6 Å². The van der Waals surface area contributed by atoms with Gasteiger partial charge in [-0.2, -0.15) is 5.10 Å². The zero-order chi connectivity index (χ0) is 8.97. The summed E-state index contributed by atoms with van der Waals surface area (Å²) in [6.45, 7) is 6.94. The summed E-state index contributed by atoms with van der Waals surface area (Å²) in [5.74, 6) is -0.0909. The van der Waals surface area contributed by atoms with E-state index in [2.05, 4.69) is 18.4 Å². The van der Waals surface area contributed by atoms with Gasteiger partial charge in [0.25, 0.3) is 0 Å². The molecule has 1 aliphatic rings. The molecule has 0 radical (unpaired) electrons. The second-order valence-corrected chi connectivity index (χ2v) is 2.44. The highest BCUT2D eigenvalue weighted by Gasteiger charge is 2.08. The lowest BCUT2D eigenvalue weighted by Gasteiger charge is -2.18. The maximum absolute atomic E-state index is 12.6. The quantitative estimate of drug-likeness (QED) is 0.464. The molecule has 0 atom stereocenters. The van der Waals surface area contributed by atoms with Crippen molar-refractivity contribution in [3.63, 3.8) is 0 Å². The minimum Gasteiger partial charge on any atom is -0.246 e. The van der Waals surface area contributed by atoms with E-state index in [-0.39, 0.29) is 5.83 Å². The first-order valence-electron chi connectivity index (χ1n) is 3.71. The smallest absolute Gasteiger partial charge is 0.100 e. The Hall–Kier alpha value is -1.38. The molecule has 0 amide bonds. The van der Waals surface area contributed by atoms with Crippen molar-refractivity contribution in [2.75, 3.05) is 0 Å². The zero-order valence-electron chi connectivity index (χ0n) is 6.83. The molecule has 1 rings (SSSR count). The summed E-state index contributed by atoms with van der Waals surface area (Å²) in [5, 5.41) is 5.25. The fourth-order valence-electron chi connectivity index (χ4n) is 1.06. The lowest BCUT2D eigenvalue weighted by molar-refractivity contribution is 0.461.